The molecule has 2 unspecified atom stereocenters. The highest BCUT2D eigenvalue weighted by Crippen LogP contribution is 2.38. The van der Waals surface area contributed by atoms with E-state index in [4.69, 9.17) is 4.74 Å². The molecule has 1 aliphatic heterocycles. The van der Waals surface area contributed by atoms with E-state index in [-0.39, 0.29) is 12.3 Å². The van der Waals surface area contributed by atoms with Gasteiger partial charge in [0.15, 0.2) is 0 Å². The molecule has 0 aromatic rings. The first-order valence-corrected chi connectivity index (χ1v) is 6.70. The van der Waals surface area contributed by atoms with Crippen LogP contribution in [0.3, 0.4) is 0 Å². The largest absolute Gasteiger partial charge is 0.376 e. The SMILES string of the molecule is CCO[C@H](C)C1NC(C)N=C(C2CC2)S1. The van der Waals surface area contributed by atoms with Crippen molar-refractivity contribution >= 4 is 16.8 Å². The fourth-order valence-electron chi connectivity index (χ4n) is 1.77. The maximum atomic E-state index is 5.64. The Morgan fingerprint density at radius 3 is 2.93 bits per heavy atom. The smallest absolute Gasteiger partial charge is 0.0984 e. The summed E-state index contributed by atoms with van der Waals surface area (Å²) < 4.78 is 5.64. The van der Waals surface area contributed by atoms with Gasteiger partial charge in [-0.2, -0.15) is 0 Å². The Labute approximate surface area is 96.1 Å². The lowest BCUT2D eigenvalue weighted by molar-refractivity contribution is 0.0663. The van der Waals surface area contributed by atoms with Crippen molar-refractivity contribution < 1.29 is 4.74 Å². The molecule has 2 aliphatic rings. The van der Waals surface area contributed by atoms with Crippen molar-refractivity contribution in [3.05, 3.63) is 0 Å². The van der Waals surface area contributed by atoms with Crippen molar-refractivity contribution in [1.82, 2.24) is 5.32 Å². The quantitative estimate of drug-likeness (QED) is 0.801. The number of nitrogens with one attached hydrogen (secondary N) is 1. The Balaban J connectivity index is 1.95. The molecule has 1 aliphatic carbocycles. The molecule has 0 aromatic heterocycles. The van der Waals surface area contributed by atoms with Crippen molar-refractivity contribution in [2.24, 2.45) is 10.9 Å². The number of rotatable bonds is 4. The van der Waals surface area contributed by atoms with Gasteiger partial charge in [-0.15, -0.1) is 0 Å². The predicted molar refractivity (Wildman–Crippen MR) is 65.2 cm³/mol. The van der Waals surface area contributed by atoms with E-state index in [0.29, 0.717) is 5.37 Å². The van der Waals surface area contributed by atoms with Crippen molar-refractivity contribution in [2.75, 3.05) is 6.61 Å². The zero-order valence-corrected chi connectivity index (χ0v) is 10.5. The normalized spacial score (nSPS) is 33.7. The standard InChI is InChI=1S/C11H20N2OS/c1-4-14-7(2)10-12-8(3)13-11(15-10)9-5-6-9/h7-10,12H,4-6H2,1-3H3/t7-,8?,10?/m1/s1. The highest BCUT2D eigenvalue weighted by atomic mass is 32.2. The highest BCUT2D eigenvalue weighted by Gasteiger charge is 2.34. The summed E-state index contributed by atoms with van der Waals surface area (Å²) in [5.41, 5.74) is 0. The molecule has 0 amide bonds. The Hall–Kier alpha value is -0.0600. The first-order chi connectivity index (χ1) is 7.20. The summed E-state index contributed by atoms with van der Waals surface area (Å²) in [5, 5.41) is 5.18. The Morgan fingerprint density at radius 2 is 2.33 bits per heavy atom. The first-order valence-electron chi connectivity index (χ1n) is 5.82. The van der Waals surface area contributed by atoms with Crippen LogP contribution in [0.1, 0.15) is 33.6 Å². The van der Waals surface area contributed by atoms with Crippen LogP contribution in [0, 0.1) is 5.92 Å². The lowest BCUT2D eigenvalue weighted by Crippen LogP contribution is -2.45. The van der Waals surface area contributed by atoms with Crippen LogP contribution in [-0.2, 0) is 4.74 Å². The molecule has 2 rings (SSSR count). The monoisotopic (exact) mass is 228 g/mol. The molecule has 4 heteroatoms. The van der Waals surface area contributed by atoms with E-state index < -0.39 is 0 Å². The summed E-state index contributed by atoms with van der Waals surface area (Å²) in [6.45, 7) is 7.08. The maximum absolute atomic E-state index is 5.64. The van der Waals surface area contributed by atoms with Crippen LogP contribution in [0.4, 0.5) is 0 Å². The maximum Gasteiger partial charge on any atom is 0.0984 e. The fraction of sp³-hybridized carbons (Fsp3) is 0.909. The fourth-order valence-corrected chi connectivity index (χ4v) is 3.22. The molecule has 86 valence electrons. The molecule has 0 saturated heterocycles. The minimum atomic E-state index is 0.245. The molecule has 0 spiro atoms. The van der Waals surface area contributed by atoms with Crippen molar-refractivity contribution in [1.29, 1.82) is 0 Å². The van der Waals surface area contributed by atoms with E-state index in [1.807, 2.05) is 18.7 Å². The molecular weight excluding hydrogens is 208 g/mol. The summed E-state index contributed by atoms with van der Waals surface area (Å²) in [5.74, 6) is 0.760. The molecule has 0 bridgehead atoms. The van der Waals surface area contributed by atoms with Crippen LogP contribution >= 0.6 is 11.8 Å². The third kappa shape index (κ3) is 2.95. The van der Waals surface area contributed by atoms with E-state index in [2.05, 4.69) is 24.2 Å². The predicted octanol–water partition coefficient (Wildman–Crippen LogP) is 2.23. The molecule has 1 saturated carbocycles. The highest BCUT2D eigenvalue weighted by molar-refractivity contribution is 8.14. The Morgan fingerprint density at radius 1 is 1.60 bits per heavy atom. The third-order valence-corrected chi connectivity index (χ3v) is 4.21. The van der Waals surface area contributed by atoms with Gasteiger partial charge in [0.25, 0.3) is 0 Å². The summed E-state index contributed by atoms with van der Waals surface area (Å²) in [4.78, 5) is 4.65. The van der Waals surface area contributed by atoms with Gasteiger partial charge >= 0.3 is 0 Å². The molecule has 3 nitrogen and oxygen atoms in total. The zero-order valence-electron chi connectivity index (χ0n) is 9.69. The minimum absolute atomic E-state index is 0.245. The number of hydrogen-bond acceptors (Lipinski definition) is 4. The number of aliphatic imine (C=N–C) groups is 1. The van der Waals surface area contributed by atoms with Crippen LogP contribution in [-0.4, -0.2) is 29.3 Å². The number of hydrogen-bond donors (Lipinski definition) is 1. The van der Waals surface area contributed by atoms with Crippen molar-refractivity contribution in [3.8, 4) is 0 Å². The Kier molecular flexibility index (Phi) is 3.69. The van der Waals surface area contributed by atoms with E-state index in [1.54, 1.807) is 0 Å². The van der Waals surface area contributed by atoms with Gasteiger partial charge in [-0.05, 0) is 33.6 Å². The Bertz CT molecular complexity index is 253. The second-order valence-electron chi connectivity index (χ2n) is 4.28. The van der Waals surface area contributed by atoms with Crippen LogP contribution in [0.15, 0.2) is 4.99 Å². The number of nitrogens with zero attached hydrogens (tertiary/aromatic N) is 1. The zero-order chi connectivity index (χ0) is 10.8. The third-order valence-electron chi connectivity index (χ3n) is 2.76. The molecule has 0 aromatic carbocycles. The molecule has 3 atom stereocenters. The minimum Gasteiger partial charge on any atom is -0.376 e. The van der Waals surface area contributed by atoms with Crippen molar-refractivity contribution in [2.45, 2.75) is 51.3 Å². The molecular formula is C11H20N2OS. The summed E-state index contributed by atoms with van der Waals surface area (Å²) >= 11 is 1.87. The van der Waals surface area contributed by atoms with E-state index >= 15 is 0 Å². The topological polar surface area (TPSA) is 33.6 Å². The van der Waals surface area contributed by atoms with Gasteiger partial charge in [-0.25, -0.2) is 0 Å². The summed E-state index contributed by atoms with van der Waals surface area (Å²) in [7, 11) is 0. The molecule has 1 N–H and O–H groups in total. The first kappa shape index (κ1) is 11.4. The van der Waals surface area contributed by atoms with Crippen LogP contribution in [0.5, 0.6) is 0 Å². The van der Waals surface area contributed by atoms with Crippen molar-refractivity contribution in [3.63, 3.8) is 0 Å². The van der Waals surface area contributed by atoms with E-state index in [9.17, 15) is 0 Å². The average molecular weight is 228 g/mol. The number of thioether (sulfide) groups is 1. The lowest BCUT2D eigenvalue weighted by Gasteiger charge is -2.31. The van der Waals surface area contributed by atoms with E-state index in [0.717, 1.165) is 12.5 Å². The molecule has 1 fully saturated rings. The van der Waals surface area contributed by atoms with E-state index in [1.165, 1.54) is 17.9 Å². The van der Waals surface area contributed by atoms with Gasteiger partial charge in [0.2, 0.25) is 0 Å². The van der Waals surface area contributed by atoms with Gasteiger partial charge in [-0.1, -0.05) is 11.8 Å². The second kappa shape index (κ2) is 4.85. The summed E-state index contributed by atoms with van der Waals surface area (Å²) in [6.07, 6.45) is 3.16. The summed E-state index contributed by atoms with van der Waals surface area (Å²) in [6, 6.07) is 0. The molecule has 1 heterocycles. The van der Waals surface area contributed by atoms with Gasteiger partial charge < -0.3 is 4.74 Å². The van der Waals surface area contributed by atoms with Gasteiger partial charge in [0.05, 0.1) is 22.7 Å². The van der Waals surface area contributed by atoms with Crippen LogP contribution in [0.2, 0.25) is 0 Å². The van der Waals surface area contributed by atoms with Gasteiger partial charge in [-0.3, -0.25) is 10.3 Å². The second-order valence-corrected chi connectivity index (χ2v) is 5.45. The average Bonchev–Trinajstić information content (AvgIpc) is 3.00. The number of ether oxygens (including phenoxy) is 1. The lowest BCUT2D eigenvalue weighted by atomic mass is 10.3. The van der Waals surface area contributed by atoms with Gasteiger partial charge in [0.1, 0.15) is 0 Å². The van der Waals surface area contributed by atoms with Gasteiger partial charge in [0, 0.05) is 12.5 Å². The van der Waals surface area contributed by atoms with Crippen LogP contribution < -0.4 is 5.32 Å². The molecule has 0 radical (unpaired) electrons. The molecule has 15 heavy (non-hydrogen) atoms. The van der Waals surface area contributed by atoms with Crippen LogP contribution in [0.25, 0.3) is 0 Å².